The highest BCUT2D eigenvalue weighted by Crippen LogP contribution is 2.13. The molecule has 0 spiro atoms. The third-order valence-electron chi connectivity index (χ3n) is 2.10. The number of aliphatic carboxylic acids is 1. The van der Waals surface area contributed by atoms with Crippen LogP contribution in [0.25, 0.3) is 0 Å². The van der Waals surface area contributed by atoms with Gasteiger partial charge >= 0.3 is 12.1 Å². The molecule has 126 valence electrons. The molecule has 21 heavy (non-hydrogen) atoms. The van der Waals surface area contributed by atoms with Gasteiger partial charge in [-0.05, 0) is 46.7 Å². The van der Waals surface area contributed by atoms with Gasteiger partial charge in [-0.15, -0.1) is 0 Å². The molecule has 0 aliphatic carbocycles. The van der Waals surface area contributed by atoms with Crippen LogP contribution in [0.15, 0.2) is 0 Å². The van der Waals surface area contributed by atoms with E-state index in [1.165, 1.54) is 38.8 Å². The molecule has 1 fully saturated rings. The van der Waals surface area contributed by atoms with Crippen molar-refractivity contribution < 1.29 is 32.6 Å². The number of hydrogen-bond donors (Lipinski definition) is 2. The van der Waals surface area contributed by atoms with Crippen molar-refractivity contribution in [2.75, 3.05) is 13.1 Å². The molecule has 1 aliphatic heterocycles. The van der Waals surface area contributed by atoms with E-state index >= 15 is 0 Å². The maximum absolute atomic E-state index is 10.6. The fourth-order valence-electron chi connectivity index (χ4n) is 1.12. The molecule has 0 aromatic heterocycles. The lowest BCUT2D eigenvalue weighted by molar-refractivity contribution is -0.192. The first-order valence-electron chi connectivity index (χ1n) is 6.63. The molecule has 0 radical (unpaired) electrons. The molecule has 0 unspecified atom stereocenters. The second-order valence-electron chi connectivity index (χ2n) is 5.29. The van der Waals surface area contributed by atoms with E-state index in [9.17, 15) is 18.0 Å². The molecule has 0 aromatic rings. The second kappa shape index (κ2) is 11.4. The lowest BCUT2D eigenvalue weighted by Crippen LogP contribution is -2.21. The molecule has 1 saturated heterocycles. The zero-order valence-electron chi connectivity index (χ0n) is 12.6. The number of carbonyl (C=O) groups is 2. The number of rotatable bonds is 1. The van der Waals surface area contributed by atoms with Gasteiger partial charge in [-0.3, -0.25) is 4.79 Å². The van der Waals surface area contributed by atoms with Gasteiger partial charge in [-0.1, -0.05) is 12.8 Å². The van der Waals surface area contributed by atoms with Gasteiger partial charge in [0, 0.05) is 0 Å². The molecule has 0 bridgehead atoms. The maximum atomic E-state index is 10.6. The molecule has 0 amide bonds. The highest BCUT2D eigenvalue weighted by Gasteiger charge is 2.38. The quantitative estimate of drug-likeness (QED) is 0.728. The first-order valence-corrected chi connectivity index (χ1v) is 6.63. The van der Waals surface area contributed by atoms with Crippen LogP contribution in [0.2, 0.25) is 0 Å². The third-order valence-corrected chi connectivity index (χ3v) is 2.10. The smallest absolute Gasteiger partial charge is 0.475 e. The average molecular weight is 315 g/mol. The predicted octanol–water partition coefficient (Wildman–Crippen LogP) is 2.74. The molecule has 2 N–H and O–H groups in total. The van der Waals surface area contributed by atoms with Crippen molar-refractivity contribution in [2.24, 2.45) is 0 Å². The summed E-state index contributed by atoms with van der Waals surface area (Å²) in [5.41, 5.74) is -0.318. The Morgan fingerprint density at radius 1 is 1.10 bits per heavy atom. The molecule has 5 nitrogen and oxygen atoms in total. The lowest BCUT2D eigenvalue weighted by Gasteiger charge is -2.14. The normalized spacial score (nSPS) is 15.3. The summed E-state index contributed by atoms with van der Waals surface area (Å²) < 4.78 is 36.3. The molecule has 0 atom stereocenters. The number of carboxylic acid groups (broad SMARTS) is 1. The van der Waals surface area contributed by atoms with Gasteiger partial charge in [0.15, 0.2) is 0 Å². The molecule has 0 aromatic carbocycles. The number of nitrogens with one attached hydrogen (secondary N) is 1. The van der Waals surface area contributed by atoms with Crippen molar-refractivity contribution in [3.63, 3.8) is 0 Å². The monoisotopic (exact) mass is 315 g/mol. The zero-order valence-corrected chi connectivity index (χ0v) is 12.6. The minimum Gasteiger partial charge on any atom is -0.475 e. The van der Waals surface area contributed by atoms with Crippen LogP contribution in [0.4, 0.5) is 13.2 Å². The topological polar surface area (TPSA) is 75.6 Å². The van der Waals surface area contributed by atoms with E-state index in [1.54, 1.807) is 0 Å². The first-order chi connectivity index (χ1) is 9.50. The van der Waals surface area contributed by atoms with Crippen molar-refractivity contribution in [3.05, 3.63) is 0 Å². The summed E-state index contributed by atoms with van der Waals surface area (Å²) in [6, 6.07) is 0. The fourth-order valence-corrected chi connectivity index (χ4v) is 1.12. The summed E-state index contributed by atoms with van der Waals surface area (Å²) >= 11 is 0. The Morgan fingerprint density at radius 3 is 1.67 bits per heavy atom. The first kappa shape index (κ1) is 22.0. The van der Waals surface area contributed by atoms with Crippen LogP contribution in [0.3, 0.4) is 0 Å². The minimum atomic E-state index is -5.08. The Kier molecular flexibility index (Phi) is 11.9. The van der Waals surface area contributed by atoms with E-state index in [4.69, 9.17) is 9.90 Å². The van der Waals surface area contributed by atoms with E-state index in [1.807, 2.05) is 20.8 Å². The van der Waals surface area contributed by atoms with Gasteiger partial charge in [-0.25, -0.2) is 4.79 Å². The number of alkyl halides is 3. The molecule has 1 heterocycles. The van der Waals surface area contributed by atoms with E-state index in [0.29, 0.717) is 6.47 Å². The maximum Gasteiger partial charge on any atom is 0.490 e. The molecular weight excluding hydrogens is 291 g/mol. The fraction of sp³-hybridized carbons (Fsp3) is 0.846. The zero-order chi connectivity index (χ0) is 16.9. The molecule has 1 aliphatic rings. The number of ether oxygens (including phenoxy) is 1. The average Bonchev–Trinajstić information content (AvgIpc) is 2.59. The number of carboxylic acids is 1. The Labute approximate surface area is 122 Å². The molecular formula is C13H24F3NO4. The van der Waals surface area contributed by atoms with Gasteiger partial charge in [0.1, 0.15) is 5.60 Å². The SMILES string of the molecule is C1CCCNCC1.CC(C)(C)OC=O.O=C(O)C(F)(F)F. The second-order valence-corrected chi connectivity index (χ2v) is 5.29. The van der Waals surface area contributed by atoms with Gasteiger partial charge in [0.25, 0.3) is 6.47 Å². The number of hydrogen-bond acceptors (Lipinski definition) is 4. The van der Waals surface area contributed by atoms with Gasteiger partial charge in [0.05, 0.1) is 0 Å². The molecule has 0 saturated carbocycles. The van der Waals surface area contributed by atoms with Crippen LogP contribution in [0.1, 0.15) is 46.5 Å². The van der Waals surface area contributed by atoms with Crippen LogP contribution in [0, 0.1) is 0 Å². The summed E-state index contributed by atoms with van der Waals surface area (Å²) in [5, 5.41) is 10.5. The largest absolute Gasteiger partial charge is 0.490 e. The summed E-state index contributed by atoms with van der Waals surface area (Å²) in [5.74, 6) is -2.76. The third kappa shape index (κ3) is 21.1. The minimum absolute atomic E-state index is 0.318. The van der Waals surface area contributed by atoms with Crippen molar-refractivity contribution in [1.82, 2.24) is 5.32 Å². The van der Waals surface area contributed by atoms with Crippen LogP contribution in [-0.4, -0.2) is 42.4 Å². The Hall–Kier alpha value is -1.31. The van der Waals surface area contributed by atoms with Crippen LogP contribution >= 0.6 is 0 Å². The van der Waals surface area contributed by atoms with Crippen molar-refractivity contribution in [3.8, 4) is 0 Å². The predicted molar refractivity (Wildman–Crippen MR) is 71.9 cm³/mol. The summed E-state index contributed by atoms with van der Waals surface area (Å²) in [7, 11) is 0. The van der Waals surface area contributed by atoms with Gasteiger partial charge in [-0.2, -0.15) is 13.2 Å². The highest BCUT2D eigenvalue weighted by molar-refractivity contribution is 5.73. The van der Waals surface area contributed by atoms with Crippen molar-refractivity contribution >= 4 is 12.4 Å². The Balaban J connectivity index is 0. The van der Waals surface area contributed by atoms with Crippen molar-refractivity contribution in [1.29, 1.82) is 0 Å². The Bertz CT molecular complexity index is 268. The number of carbonyl (C=O) groups excluding carboxylic acids is 1. The summed E-state index contributed by atoms with van der Waals surface area (Å²) in [6.07, 6.45) is 0.569. The molecule has 8 heteroatoms. The van der Waals surface area contributed by atoms with Crippen LogP contribution in [0.5, 0.6) is 0 Å². The molecule has 1 rings (SSSR count). The highest BCUT2D eigenvalue weighted by atomic mass is 19.4. The van der Waals surface area contributed by atoms with Crippen LogP contribution in [-0.2, 0) is 14.3 Å². The summed E-state index contributed by atoms with van der Waals surface area (Å²) in [6.45, 7) is 8.42. The standard InChI is InChI=1S/C6H13N.C5H10O2.C2HF3O2/c1-2-4-6-7-5-3-1;1-5(2,3)7-4-6;3-2(4,5)1(6)7/h7H,1-6H2;4H,1-3H3;(H,6,7). The van der Waals surface area contributed by atoms with E-state index in [-0.39, 0.29) is 5.60 Å². The van der Waals surface area contributed by atoms with Gasteiger partial charge < -0.3 is 15.2 Å². The number of halogens is 3. The Morgan fingerprint density at radius 2 is 1.48 bits per heavy atom. The van der Waals surface area contributed by atoms with E-state index in [0.717, 1.165) is 0 Å². The lowest BCUT2D eigenvalue weighted by atomic mass is 10.2. The van der Waals surface area contributed by atoms with E-state index < -0.39 is 12.1 Å². The van der Waals surface area contributed by atoms with Gasteiger partial charge in [0.2, 0.25) is 0 Å². The van der Waals surface area contributed by atoms with Crippen molar-refractivity contribution in [2.45, 2.75) is 58.2 Å². The van der Waals surface area contributed by atoms with E-state index in [2.05, 4.69) is 10.1 Å². The summed E-state index contributed by atoms with van der Waals surface area (Å²) in [4.78, 5) is 18.5. The van der Waals surface area contributed by atoms with Crippen LogP contribution < -0.4 is 5.32 Å².